The highest BCUT2D eigenvalue weighted by Crippen LogP contribution is 2.36. The summed E-state index contributed by atoms with van der Waals surface area (Å²) in [6.07, 6.45) is 1.79. The van der Waals surface area contributed by atoms with Crippen LogP contribution in [0.4, 0.5) is 5.69 Å². The van der Waals surface area contributed by atoms with Crippen molar-refractivity contribution >= 4 is 34.8 Å². The number of anilines is 1. The quantitative estimate of drug-likeness (QED) is 0.875. The highest BCUT2D eigenvalue weighted by molar-refractivity contribution is 6.36. The molecule has 1 amide bonds. The van der Waals surface area contributed by atoms with Crippen LogP contribution in [0, 0.1) is 0 Å². The van der Waals surface area contributed by atoms with Crippen LogP contribution in [0.5, 0.6) is 11.5 Å². The van der Waals surface area contributed by atoms with E-state index in [-0.39, 0.29) is 5.91 Å². The second-order valence-corrected chi connectivity index (χ2v) is 5.25. The molecule has 2 aromatic carbocycles. The van der Waals surface area contributed by atoms with Gasteiger partial charge >= 0.3 is 0 Å². The van der Waals surface area contributed by atoms with E-state index in [1.807, 2.05) is 18.2 Å². The highest BCUT2D eigenvalue weighted by atomic mass is 35.5. The number of methoxy groups -OCH3 is 2. The predicted octanol–water partition coefficient (Wildman–Crippen LogP) is 3.85. The number of benzene rings is 2. The van der Waals surface area contributed by atoms with Crippen LogP contribution in [0.3, 0.4) is 0 Å². The molecule has 4 nitrogen and oxygen atoms in total. The first-order valence-corrected chi connectivity index (χ1v) is 7.05. The lowest BCUT2D eigenvalue weighted by atomic mass is 10.0. The van der Waals surface area contributed by atoms with E-state index in [2.05, 4.69) is 5.32 Å². The van der Waals surface area contributed by atoms with Gasteiger partial charge in [-0.2, -0.15) is 0 Å². The molecule has 22 heavy (non-hydrogen) atoms. The Bertz CT molecular complexity index is 783. The summed E-state index contributed by atoms with van der Waals surface area (Å²) < 4.78 is 10.6. The highest BCUT2D eigenvalue weighted by Gasteiger charge is 2.24. The summed E-state index contributed by atoms with van der Waals surface area (Å²) in [5.74, 6) is 1.20. The number of nitrogens with one attached hydrogen (secondary N) is 1. The maximum atomic E-state index is 12.2. The Kier molecular flexibility index (Phi) is 3.77. The first kappa shape index (κ1) is 14.5. The molecule has 1 aliphatic heterocycles. The van der Waals surface area contributed by atoms with Crippen molar-refractivity contribution in [1.82, 2.24) is 0 Å². The fourth-order valence-electron chi connectivity index (χ4n) is 2.42. The number of hydrogen-bond donors (Lipinski definition) is 1. The van der Waals surface area contributed by atoms with Gasteiger partial charge < -0.3 is 14.8 Å². The van der Waals surface area contributed by atoms with Gasteiger partial charge in [0.05, 0.1) is 19.9 Å². The molecule has 112 valence electrons. The van der Waals surface area contributed by atoms with Gasteiger partial charge in [0, 0.05) is 21.7 Å². The summed E-state index contributed by atoms with van der Waals surface area (Å²) in [6.45, 7) is 0. The Morgan fingerprint density at radius 2 is 1.91 bits per heavy atom. The molecule has 0 saturated heterocycles. The molecule has 1 aliphatic rings. The summed E-state index contributed by atoms with van der Waals surface area (Å²) in [7, 11) is 3.19. The lowest BCUT2D eigenvalue weighted by Gasteiger charge is -2.08. The Hall–Kier alpha value is -2.46. The first-order valence-electron chi connectivity index (χ1n) is 6.67. The summed E-state index contributed by atoms with van der Waals surface area (Å²) >= 11 is 5.96. The molecule has 0 fully saturated rings. The minimum Gasteiger partial charge on any atom is -0.497 e. The van der Waals surface area contributed by atoms with Crippen molar-refractivity contribution in [2.75, 3.05) is 19.5 Å². The minimum atomic E-state index is -0.165. The van der Waals surface area contributed by atoms with Crippen LogP contribution >= 0.6 is 11.6 Å². The van der Waals surface area contributed by atoms with Gasteiger partial charge in [-0.3, -0.25) is 4.79 Å². The molecule has 0 aromatic heterocycles. The Morgan fingerprint density at radius 3 is 2.64 bits per heavy atom. The second kappa shape index (κ2) is 5.73. The van der Waals surface area contributed by atoms with E-state index in [0.717, 1.165) is 11.1 Å². The second-order valence-electron chi connectivity index (χ2n) is 4.81. The van der Waals surface area contributed by atoms with Gasteiger partial charge in [-0.15, -0.1) is 0 Å². The number of carbonyl (C=O) groups is 1. The average Bonchev–Trinajstić information content (AvgIpc) is 2.82. The molecule has 0 spiro atoms. The summed E-state index contributed by atoms with van der Waals surface area (Å²) in [5, 5.41) is 3.39. The van der Waals surface area contributed by atoms with E-state index >= 15 is 0 Å². The topological polar surface area (TPSA) is 47.6 Å². The van der Waals surface area contributed by atoms with Crippen LogP contribution < -0.4 is 14.8 Å². The van der Waals surface area contributed by atoms with Crippen LogP contribution in [-0.2, 0) is 4.79 Å². The summed E-state index contributed by atoms with van der Waals surface area (Å²) in [6, 6.07) is 10.8. The monoisotopic (exact) mass is 315 g/mol. The number of amides is 1. The normalized spacial score (nSPS) is 14.7. The third-order valence-electron chi connectivity index (χ3n) is 3.50. The van der Waals surface area contributed by atoms with Gasteiger partial charge in [-0.05, 0) is 36.4 Å². The van der Waals surface area contributed by atoms with E-state index in [1.165, 1.54) is 0 Å². The number of carbonyl (C=O) groups excluding carboxylic acids is 1. The molecule has 1 heterocycles. The van der Waals surface area contributed by atoms with Crippen molar-refractivity contribution in [2.45, 2.75) is 0 Å². The molecular formula is C17H14ClNO3. The number of hydrogen-bond acceptors (Lipinski definition) is 3. The molecule has 0 aliphatic carbocycles. The zero-order valence-corrected chi connectivity index (χ0v) is 12.9. The van der Waals surface area contributed by atoms with Crippen LogP contribution in [0.2, 0.25) is 5.02 Å². The molecular weight excluding hydrogens is 302 g/mol. The van der Waals surface area contributed by atoms with Crippen molar-refractivity contribution < 1.29 is 14.3 Å². The zero-order chi connectivity index (χ0) is 15.7. The molecule has 3 rings (SSSR count). The van der Waals surface area contributed by atoms with Gasteiger partial charge in [0.15, 0.2) is 0 Å². The van der Waals surface area contributed by atoms with Crippen LogP contribution in [-0.4, -0.2) is 20.1 Å². The fraction of sp³-hybridized carbons (Fsp3) is 0.118. The molecule has 0 saturated carbocycles. The van der Waals surface area contributed by atoms with Gasteiger partial charge in [-0.25, -0.2) is 0 Å². The lowest BCUT2D eigenvalue weighted by Crippen LogP contribution is -2.03. The van der Waals surface area contributed by atoms with Crippen LogP contribution in [0.1, 0.15) is 11.1 Å². The van der Waals surface area contributed by atoms with Gasteiger partial charge in [-0.1, -0.05) is 17.7 Å². The van der Waals surface area contributed by atoms with E-state index < -0.39 is 0 Å². The smallest absolute Gasteiger partial charge is 0.256 e. The molecule has 0 unspecified atom stereocenters. The minimum absolute atomic E-state index is 0.165. The SMILES string of the molecule is COc1ccc(OC)c(C=C2C(=O)Nc3cc(Cl)ccc32)c1. The number of fused-ring (bicyclic) bond motifs is 1. The van der Waals surface area contributed by atoms with Crippen molar-refractivity contribution in [3.63, 3.8) is 0 Å². The average molecular weight is 316 g/mol. The number of rotatable bonds is 3. The number of halogens is 1. The molecule has 2 aromatic rings. The van der Waals surface area contributed by atoms with Crippen LogP contribution in [0.15, 0.2) is 36.4 Å². The van der Waals surface area contributed by atoms with Crippen molar-refractivity contribution in [3.8, 4) is 11.5 Å². The van der Waals surface area contributed by atoms with E-state index in [4.69, 9.17) is 21.1 Å². The molecule has 5 heteroatoms. The van der Waals surface area contributed by atoms with E-state index in [9.17, 15) is 4.79 Å². The standard InChI is InChI=1S/C17H14ClNO3/c1-21-12-4-6-16(22-2)10(7-12)8-14-13-5-3-11(18)9-15(13)19-17(14)20/h3-9H,1-2H3,(H,19,20). The van der Waals surface area contributed by atoms with E-state index in [1.54, 1.807) is 38.5 Å². The Labute approximate surface area is 133 Å². The maximum Gasteiger partial charge on any atom is 0.256 e. The molecule has 0 bridgehead atoms. The molecule has 0 radical (unpaired) electrons. The van der Waals surface area contributed by atoms with Crippen molar-refractivity contribution in [1.29, 1.82) is 0 Å². The summed E-state index contributed by atoms with van der Waals surface area (Å²) in [5.41, 5.74) is 2.87. The third kappa shape index (κ3) is 2.53. The van der Waals surface area contributed by atoms with Crippen molar-refractivity contribution in [2.24, 2.45) is 0 Å². The Morgan fingerprint density at radius 1 is 1.09 bits per heavy atom. The van der Waals surface area contributed by atoms with Gasteiger partial charge in [0.25, 0.3) is 5.91 Å². The largest absolute Gasteiger partial charge is 0.497 e. The first-order chi connectivity index (χ1) is 10.6. The van der Waals surface area contributed by atoms with Gasteiger partial charge in [0.2, 0.25) is 0 Å². The summed E-state index contributed by atoms with van der Waals surface area (Å²) in [4.78, 5) is 12.2. The lowest BCUT2D eigenvalue weighted by molar-refractivity contribution is -0.110. The number of ether oxygens (including phenoxy) is 2. The third-order valence-corrected chi connectivity index (χ3v) is 3.74. The fourth-order valence-corrected chi connectivity index (χ4v) is 2.59. The van der Waals surface area contributed by atoms with Crippen molar-refractivity contribution in [3.05, 3.63) is 52.5 Å². The predicted molar refractivity (Wildman–Crippen MR) is 87.5 cm³/mol. The van der Waals surface area contributed by atoms with E-state index in [0.29, 0.717) is 27.8 Å². The molecule has 0 atom stereocenters. The zero-order valence-electron chi connectivity index (χ0n) is 12.1. The molecule has 1 N–H and O–H groups in total. The van der Waals surface area contributed by atoms with Gasteiger partial charge in [0.1, 0.15) is 11.5 Å². The Balaban J connectivity index is 2.12. The van der Waals surface area contributed by atoms with Crippen LogP contribution in [0.25, 0.3) is 11.6 Å². The maximum absolute atomic E-state index is 12.2.